The predicted molar refractivity (Wildman–Crippen MR) is 113 cm³/mol. The minimum atomic E-state index is -3.48. The minimum absolute atomic E-state index is 0.174. The fourth-order valence-electron chi connectivity index (χ4n) is 4.28. The van der Waals surface area contributed by atoms with Crippen molar-refractivity contribution in [3.8, 4) is 0 Å². The van der Waals surface area contributed by atoms with Gasteiger partial charge >= 0.3 is 0 Å². The molecule has 4 rings (SSSR count). The Morgan fingerprint density at radius 3 is 2.37 bits per heavy atom. The lowest BCUT2D eigenvalue weighted by Crippen LogP contribution is -2.40. The Hall–Kier alpha value is -2.03. The van der Waals surface area contributed by atoms with Crippen LogP contribution in [0, 0.1) is 5.82 Å². The molecule has 0 spiro atoms. The van der Waals surface area contributed by atoms with Crippen molar-refractivity contribution in [2.24, 2.45) is 0 Å². The molecule has 0 aliphatic carbocycles. The van der Waals surface area contributed by atoms with Gasteiger partial charge in [0.2, 0.25) is 10.0 Å². The van der Waals surface area contributed by atoms with Gasteiger partial charge in [-0.05, 0) is 55.5 Å². The highest BCUT2D eigenvalue weighted by Gasteiger charge is 2.34. The van der Waals surface area contributed by atoms with E-state index in [9.17, 15) is 12.8 Å². The van der Waals surface area contributed by atoms with E-state index in [2.05, 4.69) is 10.3 Å². The van der Waals surface area contributed by atoms with Gasteiger partial charge in [0.1, 0.15) is 16.5 Å². The molecular formula is C22H28FN3O3S. The summed E-state index contributed by atoms with van der Waals surface area (Å²) in [5.74, 6) is 0.377. The molecule has 8 heteroatoms. The molecule has 162 valence electrons. The van der Waals surface area contributed by atoms with E-state index in [1.165, 1.54) is 18.3 Å². The van der Waals surface area contributed by atoms with Gasteiger partial charge in [0.15, 0.2) is 0 Å². The molecule has 2 aliphatic heterocycles. The largest absolute Gasteiger partial charge is 0.381 e. The smallest absolute Gasteiger partial charge is 0.244 e. The van der Waals surface area contributed by atoms with Gasteiger partial charge in [0, 0.05) is 44.5 Å². The van der Waals surface area contributed by atoms with E-state index in [0.29, 0.717) is 38.7 Å². The average molecular weight is 434 g/mol. The SMILES string of the molecule is O=S(=O)(c1ccc(NCC2(c3ccc(F)cc3)CCOCC2)nc1)N1CCCCC1. The summed E-state index contributed by atoms with van der Waals surface area (Å²) < 4.78 is 46.1. The Labute approximate surface area is 177 Å². The van der Waals surface area contributed by atoms with Crippen molar-refractivity contribution in [1.29, 1.82) is 0 Å². The molecule has 0 unspecified atom stereocenters. The van der Waals surface area contributed by atoms with Gasteiger partial charge in [-0.25, -0.2) is 17.8 Å². The number of nitrogens with zero attached hydrogens (tertiary/aromatic N) is 2. The fourth-order valence-corrected chi connectivity index (χ4v) is 5.75. The summed E-state index contributed by atoms with van der Waals surface area (Å²) in [7, 11) is -3.48. The molecule has 1 aromatic carbocycles. The third-order valence-electron chi connectivity index (χ3n) is 6.20. The molecule has 1 aromatic heterocycles. The number of nitrogens with one attached hydrogen (secondary N) is 1. The first-order valence-corrected chi connectivity index (χ1v) is 12.0. The number of aromatic nitrogens is 1. The van der Waals surface area contributed by atoms with Gasteiger partial charge in [-0.3, -0.25) is 0 Å². The van der Waals surface area contributed by atoms with Crippen molar-refractivity contribution in [2.45, 2.75) is 42.4 Å². The fraction of sp³-hybridized carbons (Fsp3) is 0.500. The lowest BCUT2D eigenvalue weighted by Gasteiger charge is -2.38. The summed E-state index contributed by atoms with van der Waals surface area (Å²) in [5.41, 5.74) is 0.899. The maximum atomic E-state index is 13.4. The third kappa shape index (κ3) is 4.50. The number of hydrogen-bond acceptors (Lipinski definition) is 5. The van der Waals surface area contributed by atoms with E-state index in [-0.39, 0.29) is 16.1 Å². The van der Waals surface area contributed by atoms with Crippen LogP contribution in [0.3, 0.4) is 0 Å². The van der Waals surface area contributed by atoms with Crippen LogP contribution in [-0.2, 0) is 20.2 Å². The zero-order valence-corrected chi connectivity index (χ0v) is 17.8. The quantitative estimate of drug-likeness (QED) is 0.754. The maximum Gasteiger partial charge on any atom is 0.244 e. The van der Waals surface area contributed by atoms with Crippen LogP contribution in [0.1, 0.15) is 37.7 Å². The zero-order chi connectivity index (χ0) is 21.0. The first-order valence-electron chi connectivity index (χ1n) is 10.5. The van der Waals surface area contributed by atoms with Crippen LogP contribution in [-0.4, -0.2) is 50.6 Å². The van der Waals surface area contributed by atoms with Gasteiger partial charge in [-0.1, -0.05) is 18.6 Å². The molecule has 6 nitrogen and oxygen atoms in total. The molecule has 2 aromatic rings. The number of rotatable bonds is 6. The topological polar surface area (TPSA) is 71.5 Å². The molecular weight excluding hydrogens is 405 g/mol. The number of hydrogen-bond donors (Lipinski definition) is 1. The van der Waals surface area contributed by atoms with Crippen molar-refractivity contribution in [2.75, 3.05) is 38.2 Å². The van der Waals surface area contributed by atoms with Gasteiger partial charge in [-0.2, -0.15) is 4.31 Å². The van der Waals surface area contributed by atoms with Gasteiger partial charge in [0.05, 0.1) is 0 Å². The summed E-state index contributed by atoms with van der Waals surface area (Å²) in [6.45, 7) is 3.07. The second-order valence-electron chi connectivity index (χ2n) is 8.10. The molecule has 2 aliphatic rings. The molecule has 0 amide bonds. The Morgan fingerprint density at radius 2 is 1.73 bits per heavy atom. The highest BCUT2D eigenvalue weighted by Crippen LogP contribution is 2.35. The molecule has 2 saturated heterocycles. The van der Waals surface area contributed by atoms with E-state index in [1.54, 1.807) is 16.4 Å². The van der Waals surface area contributed by atoms with Crippen LogP contribution in [0.5, 0.6) is 0 Å². The van der Waals surface area contributed by atoms with Crippen LogP contribution in [0.25, 0.3) is 0 Å². The molecule has 0 atom stereocenters. The van der Waals surface area contributed by atoms with E-state index in [1.807, 2.05) is 12.1 Å². The van der Waals surface area contributed by atoms with Crippen LogP contribution in [0.2, 0.25) is 0 Å². The molecule has 0 saturated carbocycles. The van der Waals surface area contributed by atoms with Crippen molar-refractivity contribution >= 4 is 15.8 Å². The molecule has 1 N–H and O–H groups in total. The second-order valence-corrected chi connectivity index (χ2v) is 10.0. The summed E-state index contributed by atoms with van der Waals surface area (Å²) in [4.78, 5) is 4.59. The number of benzene rings is 1. The number of pyridine rings is 1. The van der Waals surface area contributed by atoms with Crippen LogP contribution >= 0.6 is 0 Å². The predicted octanol–water partition coefficient (Wildman–Crippen LogP) is 3.56. The van der Waals surface area contributed by atoms with Gasteiger partial charge in [-0.15, -0.1) is 0 Å². The van der Waals surface area contributed by atoms with E-state index < -0.39 is 10.0 Å². The number of piperidine rings is 1. The van der Waals surface area contributed by atoms with E-state index in [4.69, 9.17) is 4.74 Å². The maximum absolute atomic E-state index is 13.4. The Morgan fingerprint density at radius 1 is 1.03 bits per heavy atom. The van der Waals surface area contributed by atoms with E-state index in [0.717, 1.165) is 37.7 Å². The Kier molecular flexibility index (Phi) is 6.36. The lowest BCUT2D eigenvalue weighted by atomic mass is 9.74. The van der Waals surface area contributed by atoms with E-state index >= 15 is 0 Å². The summed E-state index contributed by atoms with van der Waals surface area (Å²) in [6.07, 6.45) is 5.97. The molecule has 3 heterocycles. The first-order chi connectivity index (χ1) is 14.5. The van der Waals surface area contributed by atoms with Crippen molar-refractivity contribution in [3.63, 3.8) is 0 Å². The number of sulfonamides is 1. The van der Waals surface area contributed by atoms with Crippen LogP contribution < -0.4 is 5.32 Å². The van der Waals surface area contributed by atoms with Gasteiger partial charge < -0.3 is 10.1 Å². The summed E-state index contributed by atoms with van der Waals surface area (Å²) in [5, 5.41) is 3.36. The highest BCUT2D eigenvalue weighted by atomic mass is 32.2. The van der Waals surface area contributed by atoms with Crippen molar-refractivity contribution in [1.82, 2.24) is 9.29 Å². The first kappa shape index (κ1) is 21.2. The molecule has 0 bridgehead atoms. The number of halogens is 1. The highest BCUT2D eigenvalue weighted by molar-refractivity contribution is 7.89. The normalized spacial score (nSPS) is 20.0. The Balaban J connectivity index is 1.47. The summed E-state index contributed by atoms with van der Waals surface area (Å²) >= 11 is 0. The standard InChI is InChI=1S/C22H28FN3O3S/c23-19-6-4-18(5-7-19)22(10-14-29-15-11-22)17-25-21-9-8-20(16-24-21)30(27,28)26-12-2-1-3-13-26/h4-9,16H,1-3,10-15,17H2,(H,24,25). The monoisotopic (exact) mass is 433 g/mol. The van der Waals surface area contributed by atoms with Crippen LogP contribution in [0.4, 0.5) is 10.2 Å². The summed E-state index contributed by atoms with van der Waals surface area (Å²) in [6, 6.07) is 9.99. The van der Waals surface area contributed by atoms with Gasteiger partial charge in [0.25, 0.3) is 0 Å². The minimum Gasteiger partial charge on any atom is -0.381 e. The third-order valence-corrected chi connectivity index (χ3v) is 8.09. The molecule has 2 fully saturated rings. The second kappa shape index (κ2) is 8.99. The Bertz CT molecular complexity index is 937. The van der Waals surface area contributed by atoms with Crippen molar-refractivity contribution < 1.29 is 17.5 Å². The number of ether oxygens (including phenoxy) is 1. The van der Waals surface area contributed by atoms with Crippen LogP contribution in [0.15, 0.2) is 47.5 Å². The van der Waals surface area contributed by atoms with Crippen molar-refractivity contribution in [3.05, 3.63) is 54.0 Å². The molecule has 30 heavy (non-hydrogen) atoms. The average Bonchev–Trinajstić information content (AvgIpc) is 2.80. The lowest BCUT2D eigenvalue weighted by molar-refractivity contribution is 0.0543. The molecule has 0 radical (unpaired) electrons. The zero-order valence-electron chi connectivity index (χ0n) is 17.0. The number of anilines is 1.